The third-order valence-electron chi connectivity index (χ3n) is 7.84. The van der Waals surface area contributed by atoms with Gasteiger partial charge in [-0.2, -0.15) is 0 Å². The molecule has 0 spiro atoms. The number of esters is 2. The normalized spacial score (nSPS) is 13.7. The molecule has 0 aromatic carbocycles. The molecule has 0 rings (SSSR count). The number of rotatable bonds is 35. The summed E-state index contributed by atoms with van der Waals surface area (Å²) in [5, 5.41) is 0. The largest absolute Gasteiger partial charge is 0.472 e. The summed E-state index contributed by atoms with van der Waals surface area (Å²) in [6.07, 6.45) is 33.4. The topological polar surface area (TPSA) is 134 Å². The van der Waals surface area contributed by atoms with E-state index in [1.807, 2.05) is 0 Å². The molecule has 0 aliphatic rings. The maximum Gasteiger partial charge on any atom is 0.472 e. The lowest BCUT2D eigenvalue weighted by atomic mass is 10.0. The van der Waals surface area contributed by atoms with Crippen molar-refractivity contribution in [3.63, 3.8) is 0 Å². The van der Waals surface area contributed by atoms with Crippen LogP contribution >= 0.6 is 7.82 Å². The predicted octanol–water partition coefficient (Wildman–Crippen LogP) is 10.0. The van der Waals surface area contributed by atoms with Crippen molar-refractivity contribution in [2.45, 2.75) is 174 Å². The van der Waals surface area contributed by atoms with E-state index >= 15 is 0 Å². The van der Waals surface area contributed by atoms with Gasteiger partial charge in [0.1, 0.15) is 6.61 Å². The number of hydrogen-bond acceptors (Lipinski definition) is 8. The second-order valence-corrected chi connectivity index (χ2v) is 13.9. The van der Waals surface area contributed by atoms with Crippen molar-refractivity contribution in [3.8, 4) is 0 Å². The molecule has 47 heavy (non-hydrogen) atoms. The highest BCUT2D eigenvalue weighted by molar-refractivity contribution is 7.47. The Balaban J connectivity index is 4.24. The Bertz CT molecular complexity index is 835. The number of ether oxygens (including phenoxy) is 2. The zero-order valence-corrected chi connectivity index (χ0v) is 30.9. The van der Waals surface area contributed by atoms with E-state index in [0.717, 1.165) is 64.2 Å². The highest BCUT2D eigenvalue weighted by atomic mass is 31.2. The Kier molecular flexibility index (Phi) is 33.3. The molecule has 0 aliphatic carbocycles. The van der Waals surface area contributed by atoms with Crippen molar-refractivity contribution in [2.24, 2.45) is 5.73 Å². The minimum absolute atomic E-state index is 0.0527. The summed E-state index contributed by atoms with van der Waals surface area (Å²) in [6.45, 7) is 3.66. The molecule has 1 unspecified atom stereocenters. The number of carbonyl (C=O) groups is 2. The Hall–Kier alpha value is -1.51. The van der Waals surface area contributed by atoms with E-state index in [1.165, 1.54) is 70.6 Å². The third kappa shape index (κ3) is 34.2. The first kappa shape index (κ1) is 45.5. The van der Waals surface area contributed by atoms with Gasteiger partial charge in [0.25, 0.3) is 0 Å². The average molecular weight is 688 g/mol. The van der Waals surface area contributed by atoms with E-state index in [2.05, 4.69) is 38.2 Å². The summed E-state index contributed by atoms with van der Waals surface area (Å²) in [6, 6.07) is 0. The van der Waals surface area contributed by atoms with Crippen LogP contribution in [0.4, 0.5) is 0 Å². The zero-order valence-electron chi connectivity index (χ0n) is 30.0. The summed E-state index contributed by atoms with van der Waals surface area (Å²) in [7, 11) is -4.37. The lowest BCUT2D eigenvalue weighted by molar-refractivity contribution is -0.161. The Morgan fingerprint density at radius 1 is 0.638 bits per heavy atom. The summed E-state index contributed by atoms with van der Waals surface area (Å²) in [5.41, 5.74) is 5.32. The van der Waals surface area contributed by atoms with Gasteiger partial charge in [-0.1, -0.05) is 141 Å². The van der Waals surface area contributed by atoms with Gasteiger partial charge in [0, 0.05) is 19.4 Å². The van der Waals surface area contributed by atoms with Gasteiger partial charge in [0.05, 0.1) is 13.2 Å². The van der Waals surface area contributed by atoms with Crippen LogP contribution in [0.2, 0.25) is 0 Å². The number of unbranched alkanes of at least 4 members (excludes halogenated alkanes) is 18. The number of phosphoric acid groups is 1. The van der Waals surface area contributed by atoms with Gasteiger partial charge >= 0.3 is 19.8 Å². The van der Waals surface area contributed by atoms with Gasteiger partial charge in [-0.3, -0.25) is 18.6 Å². The minimum atomic E-state index is -4.37. The van der Waals surface area contributed by atoms with Gasteiger partial charge < -0.3 is 20.1 Å². The molecule has 0 bridgehead atoms. The lowest BCUT2D eigenvalue weighted by Gasteiger charge is -2.19. The van der Waals surface area contributed by atoms with Crippen molar-refractivity contribution in [3.05, 3.63) is 24.3 Å². The van der Waals surface area contributed by atoms with Crippen LogP contribution in [0.1, 0.15) is 168 Å². The molecule has 0 saturated heterocycles. The molecular weight excluding hydrogens is 617 g/mol. The van der Waals surface area contributed by atoms with E-state index < -0.39 is 32.5 Å². The maximum absolute atomic E-state index is 12.5. The molecule has 0 heterocycles. The fraction of sp³-hybridized carbons (Fsp3) is 0.838. The first-order valence-electron chi connectivity index (χ1n) is 18.8. The molecule has 0 fully saturated rings. The van der Waals surface area contributed by atoms with Crippen LogP contribution in [0, 0.1) is 0 Å². The fourth-order valence-corrected chi connectivity index (χ4v) is 5.77. The number of nitrogens with two attached hydrogens (primary N) is 1. The van der Waals surface area contributed by atoms with Crippen LogP contribution < -0.4 is 5.73 Å². The van der Waals surface area contributed by atoms with Gasteiger partial charge in [-0.05, 0) is 38.5 Å². The molecule has 0 aromatic heterocycles. The smallest absolute Gasteiger partial charge is 0.462 e. The van der Waals surface area contributed by atoms with Gasteiger partial charge in [-0.25, -0.2) is 4.57 Å². The Morgan fingerprint density at radius 2 is 1.13 bits per heavy atom. The number of carbonyl (C=O) groups excluding carboxylic acids is 2. The van der Waals surface area contributed by atoms with E-state index in [4.69, 9.17) is 24.3 Å². The van der Waals surface area contributed by atoms with Crippen LogP contribution in [0.5, 0.6) is 0 Å². The molecule has 276 valence electrons. The van der Waals surface area contributed by atoms with Gasteiger partial charge in [-0.15, -0.1) is 0 Å². The molecule has 0 amide bonds. The first-order chi connectivity index (χ1) is 22.8. The standard InChI is InChI=1S/C37H70NO8P/c1-3-5-7-9-11-13-15-17-18-20-21-23-25-27-29-36(39)43-33-35(34-45-47(41,42)44-32-31-38)46-37(40)30-28-26-24-22-19-16-14-12-10-8-6-4-2/h9,11,15,17,35H,3-8,10,12-14,16,18-34,38H2,1-2H3,(H,41,42)/b11-9+,17-15+/t35-/m1/s1. The van der Waals surface area contributed by atoms with Crippen molar-refractivity contribution < 1.29 is 37.6 Å². The second-order valence-electron chi connectivity index (χ2n) is 12.4. The number of hydrogen-bond donors (Lipinski definition) is 2. The lowest BCUT2D eigenvalue weighted by Crippen LogP contribution is -2.29. The quantitative estimate of drug-likeness (QED) is 0.0289. The van der Waals surface area contributed by atoms with Crippen LogP contribution in [-0.2, 0) is 32.7 Å². The first-order valence-corrected chi connectivity index (χ1v) is 20.3. The highest BCUT2D eigenvalue weighted by Gasteiger charge is 2.25. The molecule has 9 nitrogen and oxygen atoms in total. The van der Waals surface area contributed by atoms with E-state index in [9.17, 15) is 19.0 Å². The van der Waals surface area contributed by atoms with Crippen LogP contribution in [0.25, 0.3) is 0 Å². The van der Waals surface area contributed by atoms with Crippen LogP contribution in [0.15, 0.2) is 24.3 Å². The van der Waals surface area contributed by atoms with Crippen molar-refractivity contribution in [2.75, 3.05) is 26.4 Å². The zero-order chi connectivity index (χ0) is 34.7. The molecule has 3 N–H and O–H groups in total. The summed E-state index contributed by atoms with van der Waals surface area (Å²) in [5.74, 6) is -0.843. The molecule has 0 radical (unpaired) electrons. The van der Waals surface area contributed by atoms with E-state index in [1.54, 1.807) is 0 Å². The van der Waals surface area contributed by atoms with Crippen molar-refractivity contribution in [1.82, 2.24) is 0 Å². The Labute approximate surface area is 287 Å². The van der Waals surface area contributed by atoms with Crippen molar-refractivity contribution in [1.29, 1.82) is 0 Å². The third-order valence-corrected chi connectivity index (χ3v) is 8.82. The average Bonchev–Trinajstić information content (AvgIpc) is 3.05. The van der Waals surface area contributed by atoms with Gasteiger partial charge in [0.2, 0.25) is 0 Å². The number of allylic oxidation sites excluding steroid dienone is 4. The number of phosphoric ester groups is 1. The van der Waals surface area contributed by atoms with E-state index in [-0.39, 0.29) is 32.6 Å². The predicted molar refractivity (Wildman–Crippen MR) is 192 cm³/mol. The molecule has 10 heteroatoms. The summed E-state index contributed by atoms with van der Waals surface area (Å²) >= 11 is 0. The maximum atomic E-state index is 12.5. The second kappa shape index (κ2) is 34.4. The van der Waals surface area contributed by atoms with Gasteiger partial charge in [0.15, 0.2) is 6.10 Å². The van der Waals surface area contributed by atoms with E-state index in [0.29, 0.717) is 6.42 Å². The highest BCUT2D eigenvalue weighted by Crippen LogP contribution is 2.43. The molecule has 0 saturated carbocycles. The molecular formula is C37H70NO8P. The fourth-order valence-electron chi connectivity index (χ4n) is 5.00. The minimum Gasteiger partial charge on any atom is -0.462 e. The molecule has 2 atom stereocenters. The summed E-state index contributed by atoms with van der Waals surface area (Å²) < 4.78 is 32.6. The van der Waals surface area contributed by atoms with Crippen LogP contribution in [0.3, 0.4) is 0 Å². The molecule has 0 aromatic rings. The monoisotopic (exact) mass is 687 g/mol. The van der Waals surface area contributed by atoms with Crippen molar-refractivity contribution >= 4 is 19.8 Å². The Morgan fingerprint density at radius 3 is 1.68 bits per heavy atom. The van der Waals surface area contributed by atoms with Crippen LogP contribution in [-0.4, -0.2) is 49.3 Å². The summed E-state index contributed by atoms with van der Waals surface area (Å²) in [4.78, 5) is 34.6. The molecule has 0 aliphatic heterocycles. The SMILES string of the molecule is CCCC/C=C/C/C=C/CCCCCCCC(=O)OC[C@H](COP(=O)(O)OCCN)OC(=O)CCCCCCCCCCCCCC.